The molecule has 0 bridgehead atoms. The molecule has 1 saturated heterocycles. The summed E-state index contributed by atoms with van der Waals surface area (Å²) in [5.74, 6) is -2.66. The molecular weight excluding hydrogens is 321 g/mol. The zero-order valence-corrected chi connectivity index (χ0v) is 11.0. The minimum absolute atomic E-state index is 0.489. The Kier molecular flexibility index (Phi) is 3.68. The monoisotopic (exact) mass is 329 g/mol. The van der Waals surface area contributed by atoms with Crippen molar-refractivity contribution < 1.29 is 34.7 Å². The highest BCUT2D eigenvalue weighted by Gasteiger charge is 2.42. The van der Waals surface area contributed by atoms with E-state index in [1.165, 1.54) is 0 Å². The Bertz CT molecular complexity index is 686. The van der Waals surface area contributed by atoms with Gasteiger partial charge in [0.15, 0.2) is 5.82 Å². The lowest BCUT2D eigenvalue weighted by Crippen LogP contribution is -2.28. The number of rotatable bonds is 2. The first-order chi connectivity index (χ1) is 9.51. The van der Waals surface area contributed by atoms with E-state index in [2.05, 4.69) is 0 Å². The van der Waals surface area contributed by atoms with Crippen LogP contribution in [0.2, 0.25) is 0 Å². The average Bonchev–Trinajstić information content (AvgIpc) is 2.70. The number of anilines is 1. The maximum atomic E-state index is 13.9. The topological polar surface area (TPSA) is 54.5 Å². The van der Waals surface area contributed by atoms with Crippen LogP contribution < -0.4 is 4.90 Å². The van der Waals surface area contributed by atoms with Gasteiger partial charge in [0.2, 0.25) is 5.91 Å². The Morgan fingerprint density at radius 1 is 1.24 bits per heavy atom. The largest absolute Gasteiger partial charge is 0.419 e. The highest BCUT2D eigenvalue weighted by molar-refractivity contribution is 7.87. The number of carbonyl (C=O) groups is 1. The molecule has 1 aromatic rings. The fourth-order valence-electron chi connectivity index (χ4n) is 2.04. The maximum absolute atomic E-state index is 13.9. The molecule has 1 aromatic carbocycles. The molecular formula is C11H8F5NO3S. The van der Waals surface area contributed by atoms with Gasteiger partial charge in [-0.25, -0.2) is 4.39 Å². The zero-order valence-electron chi connectivity index (χ0n) is 10.2. The third-order valence-electron chi connectivity index (χ3n) is 3.06. The van der Waals surface area contributed by atoms with E-state index in [1.54, 1.807) is 0 Å². The predicted octanol–water partition coefficient (Wildman–Crippen LogP) is 2.25. The van der Waals surface area contributed by atoms with Crippen molar-refractivity contribution in [2.24, 2.45) is 0 Å². The standard InChI is InChI=1S/C11H8F5NO3S/c12-10-7(11(13,14)15)2-1-3-8(10)17-5-6(4-9(17)18)21(16,19)20/h1-3,6H,4-5H2. The molecule has 1 unspecified atom stereocenters. The Labute approximate surface area is 116 Å². The van der Waals surface area contributed by atoms with E-state index in [1.807, 2.05) is 0 Å². The lowest BCUT2D eigenvalue weighted by atomic mass is 10.1. The molecule has 1 atom stereocenters. The van der Waals surface area contributed by atoms with Crippen molar-refractivity contribution in [1.82, 2.24) is 0 Å². The fourth-order valence-corrected chi connectivity index (χ4v) is 2.71. The molecule has 1 aliphatic rings. The normalized spacial score (nSPS) is 20.1. The Morgan fingerprint density at radius 2 is 1.86 bits per heavy atom. The molecule has 1 heterocycles. The van der Waals surface area contributed by atoms with Crippen molar-refractivity contribution in [2.75, 3.05) is 11.4 Å². The van der Waals surface area contributed by atoms with Gasteiger partial charge in [-0.15, -0.1) is 3.89 Å². The van der Waals surface area contributed by atoms with Crippen molar-refractivity contribution >= 4 is 21.8 Å². The number of benzene rings is 1. The molecule has 21 heavy (non-hydrogen) atoms. The number of carbonyl (C=O) groups excluding carboxylic acids is 1. The van der Waals surface area contributed by atoms with Crippen molar-refractivity contribution in [3.05, 3.63) is 29.6 Å². The van der Waals surface area contributed by atoms with Gasteiger partial charge < -0.3 is 4.90 Å². The molecule has 1 amide bonds. The summed E-state index contributed by atoms with van der Waals surface area (Å²) in [5, 5.41) is -1.71. The first-order valence-corrected chi connectivity index (χ1v) is 7.06. The lowest BCUT2D eigenvalue weighted by molar-refractivity contribution is -0.140. The molecule has 1 fully saturated rings. The number of amides is 1. The molecule has 0 spiro atoms. The van der Waals surface area contributed by atoms with Crippen molar-refractivity contribution in [3.63, 3.8) is 0 Å². The highest BCUT2D eigenvalue weighted by Crippen LogP contribution is 2.36. The second-order valence-electron chi connectivity index (χ2n) is 4.44. The SMILES string of the molecule is O=C1CC(S(=O)(=O)F)CN1c1cccc(C(F)(F)F)c1F. The summed E-state index contributed by atoms with van der Waals surface area (Å²) in [6.45, 7) is -0.726. The van der Waals surface area contributed by atoms with Gasteiger partial charge >= 0.3 is 16.4 Å². The van der Waals surface area contributed by atoms with Crippen molar-refractivity contribution in [2.45, 2.75) is 17.8 Å². The van der Waals surface area contributed by atoms with Crippen molar-refractivity contribution in [3.8, 4) is 0 Å². The minimum atomic E-state index is -5.03. The third-order valence-corrected chi connectivity index (χ3v) is 4.17. The van der Waals surface area contributed by atoms with E-state index >= 15 is 0 Å². The Morgan fingerprint density at radius 3 is 2.33 bits per heavy atom. The number of hydrogen-bond donors (Lipinski definition) is 0. The van der Waals surface area contributed by atoms with E-state index in [0.29, 0.717) is 11.0 Å². The summed E-state index contributed by atoms with van der Waals surface area (Å²) in [4.78, 5) is 12.1. The van der Waals surface area contributed by atoms with E-state index < -0.39 is 57.6 Å². The summed E-state index contributed by atoms with van der Waals surface area (Å²) in [6, 6.07) is 2.27. The van der Waals surface area contributed by atoms with Gasteiger partial charge in [-0.3, -0.25) is 4.79 Å². The molecule has 0 radical (unpaired) electrons. The first-order valence-electron chi connectivity index (χ1n) is 5.61. The second kappa shape index (κ2) is 4.93. The molecule has 2 rings (SSSR count). The summed E-state index contributed by atoms with van der Waals surface area (Å²) >= 11 is 0. The molecule has 0 N–H and O–H groups in total. The number of alkyl halides is 3. The van der Waals surface area contributed by atoms with Gasteiger partial charge in [-0.05, 0) is 12.1 Å². The van der Waals surface area contributed by atoms with Crippen LogP contribution in [-0.4, -0.2) is 26.1 Å². The van der Waals surface area contributed by atoms with Crippen LogP contribution in [0.5, 0.6) is 0 Å². The summed E-state index contributed by atoms with van der Waals surface area (Å²) in [7, 11) is -5.03. The van der Waals surface area contributed by atoms with E-state index in [9.17, 15) is 34.7 Å². The van der Waals surface area contributed by atoms with Gasteiger partial charge in [0, 0.05) is 13.0 Å². The van der Waals surface area contributed by atoms with Crippen LogP contribution >= 0.6 is 0 Å². The maximum Gasteiger partial charge on any atom is 0.419 e. The van der Waals surface area contributed by atoms with Gasteiger partial charge in [0.1, 0.15) is 5.25 Å². The molecule has 116 valence electrons. The number of nitrogens with zero attached hydrogens (tertiary/aromatic N) is 1. The van der Waals surface area contributed by atoms with Crippen LogP contribution in [0.3, 0.4) is 0 Å². The minimum Gasteiger partial charge on any atom is -0.308 e. The van der Waals surface area contributed by atoms with Gasteiger partial charge in [-0.2, -0.15) is 21.6 Å². The van der Waals surface area contributed by atoms with Crippen LogP contribution in [0.4, 0.5) is 27.1 Å². The molecule has 0 aromatic heterocycles. The Hall–Kier alpha value is -1.71. The molecule has 1 aliphatic heterocycles. The van der Waals surface area contributed by atoms with Gasteiger partial charge in [0.25, 0.3) is 0 Å². The Balaban J connectivity index is 2.42. The fraction of sp³-hybridized carbons (Fsp3) is 0.364. The molecule has 4 nitrogen and oxygen atoms in total. The number of halogens is 5. The third kappa shape index (κ3) is 2.99. The zero-order chi connectivity index (χ0) is 16.0. The number of hydrogen-bond acceptors (Lipinski definition) is 3. The lowest BCUT2D eigenvalue weighted by Gasteiger charge is -2.19. The van der Waals surface area contributed by atoms with Crippen LogP contribution in [-0.2, 0) is 21.2 Å². The quantitative estimate of drug-likeness (QED) is 0.618. The molecule has 10 heteroatoms. The van der Waals surface area contributed by atoms with E-state index in [4.69, 9.17) is 0 Å². The summed E-state index contributed by atoms with van der Waals surface area (Å²) in [6.07, 6.45) is -5.71. The smallest absolute Gasteiger partial charge is 0.308 e. The highest BCUT2D eigenvalue weighted by atomic mass is 32.3. The second-order valence-corrected chi connectivity index (χ2v) is 6.06. The van der Waals surface area contributed by atoms with E-state index in [0.717, 1.165) is 12.1 Å². The predicted molar refractivity (Wildman–Crippen MR) is 62.2 cm³/mol. The molecule has 0 saturated carbocycles. The van der Waals surface area contributed by atoms with Crippen LogP contribution in [0.15, 0.2) is 18.2 Å². The van der Waals surface area contributed by atoms with Crippen molar-refractivity contribution in [1.29, 1.82) is 0 Å². The summed E-state index contributed by atoms with van der Waals surface area (Å²) < 4.78 is 85.9. The van der Waals surface area contributed by atoms with Crippen LogP contribution in [0.25, 0.3) is 0 Å². The van der Waals surface area contributed by atoms with E-state index in [-0.39, 0.29) is 0 Å². The van der Waals surface area contributed by atoms with Crippen LogP contribution in [0, 0.1) is 5.82 Å². The molecule has 0 aliphatic carbocycles. The summed E-state index contributed by atoms with van der Waals surface area (Å²) in [5.41, 5.74) is -2.31. The first kappa shape index (κ1) is 15.7. The van der Waals surface area contributed by atoms with Gasteiger partial charge in [0.05, 0.1) is 11.3 Å². The van der Waals surface area contributed by atoms with Gasteiger partial charge in [-0.1, -0.05) is 6.07 Å². The average molecular weight is 329 g/mol. The van der Waals surface area contributed by atoms with Crippen LogP contribution in [0.1, 0.15) is 12.0 Å².